The number of likely N-dealkylation sites (tertiary alicyclic amines) is 1. The number of rotatable bonds is 4. The molecule has 0 saturated carbocycles. The first kappa shape index (κ1) is 18.2. The standard InChI is InChI=1S/C14H26N4O2.ClH/c1-10(2)5-16-14(20)17-13(19)9-18-4-3-11-6-15-7-12(11)8-18;/h10-12,15H,3-9H2,1-2H3,(H2,16,17,19,20);1H. The average Bonchev–Trinajstić information content (AvgIpc) is 2.83. The molecule has 0 radical (unpaired) electrons. The summed E-state index contributed by atoms with van der Waals surface area (Å²) in [4.78, 5) is 25.5. The van der Waals surface area contributed by atoms with Crippen molar-refractivity contribution in [2.24, 2.45) is 17.8 Å². The lowest BCUT2D eigenvalue weighted by atomic mass is 9.89. The second kappa shape index (κ2) is 8.56. The Morgan fingerprint density at radius 1 is 1.29 bits per heavy atom. The summed E-state index contributed by atoms with van der Waals surface area (Å²) in [5.74, 6) is 1.59. The lowest BCUT2D eigenvalue weighted by molar-refractivity contribution is -0.121. The van der Waals surface area contributed by atoms with Crippen LogP contribution in [0.4, 0.5) is 4.79 Å². The number of piperidine rings is 1. The highest BCUT2D eigenvalue weighted by molar-refractivity contribution is 5.95. The van der Waals surface area contributed by atoms with E-state index in [4.69, 9.17) is 0 Å². The Balaban J connectivity index is 0.00000220. The number of imide groups is 1. The van der Waals surface area contributed by atoms with E-state index >= 15 is 0 Å². The van der Waals surface area contributed by atoms with E-state index in [1.807, 2.05) is 13.8 Å². The van der Waals surface area contributed by atoms with E-state index in [9.17, 15) is 9.59 Å². The Bertz CT molecular complexity index is 365. The first-order chi connectivity index (χ1) is 9.54. The van der Waals surface area contributed by atoms with Crippen LogP contribution in [0.3, 0.4) is 0 Å². The van der Waals surface area contributed by atoms with Crippen LogP contribution >= 0.6 is 12.4 Å². The fourth-order valence-electron chi connectivity index (χ4n) is 2.96. The van der Waals surface area contributed by atoms with Gasteiger partial charge in [-0.05, 0) is 43.8 Å². The van der Waals surface area contributed by atoms with E-state index in [1.165, 1.54) is 0 Å². The highest BCUT2D eigenvalue weighted by atomic mass is 35.5. The number of amides is 3. The SMILES string of the molecule is CC(C)CNC(=O)NC(=O)CN1CCC2CNCC2C1.Cl. The van der Waals surface area contributed by atoms with Gasteiger partial charge in [0.15, 0.2) is 0 Å². The molecule has 3 N–H and O–H groups in total. The first-order valence-electron chi connectivity index (χ1n) is 7.55. The Labute approximate surface area is 132 Å². The lowest BCUT2D eigenvalue weighted by Crippen LogP contribution is -2.48. The fraction of sp³-hybridized carbons (Fsp3) is 0.857. The molecule has 0 bridgehead atoms. The minimum atomic E-state index is -0.388. The van der Waals surface area contributed by atoms with Gasteiger partial charge in [0.1, 0.15) is 0 Å². The molecule has 2 atom stereocenters. The Morgan fingerprint density at radius 3 is 2.71 bits per heavy atom. The third kappa shape index (κ3) is 5.80. The summed E-state index contributed by atoms with van der Waals surface area (Å²) in [5, 5.41) is 8.49. The van der Waals surface area contributed by atoms with Crippen molar-refractivity contribution in [3.05, 3.63) is 0 Å². The number of urea groups is 1. The zero-order valence-electron chi connectivity index (χ0n) is 12.9. The third-order valence-electron chi connectivity index (χ3n) is 4.08. The van der Waals surface area contributed by atoms with E-state index in [2.05, 4.69) is 20.9 Å². The molecule has 2 rings (SSSR count). The normalized spacial score (nSPS) is 25.1. The van der Waals surface area contributed by atoms with Crippen molar-refractivity contribution in [3.63, 3.8) is 0 Å². The van der Waals surface area contributed by atoms with E-state index < -0.39 is 0 Å². The fourth-order valence-corrected chi connectivity index (χ4v) is 2.96. The monoisotopic (exact) mass is 318 g/mol. The van der Waals surface area contributed by atoms with Crippen LogP contribution in [0.15, 0.2) is 0 Å². The predicted octanol–water partition coefficient (Wildman–Crippen LogP) is 0.431. The van der Waals surface area contributed by atoms with Crippen molar-refractivity contribution < 1.29 is 9.59 Å². The Hall–Kier alpha value is -0.850. The number of halogens is 1. The summed E-state index contributed by atoms with van der Waals surface area (Å²) in [5.41, 5.74) is 0. The van der Waals surface area contributed by atoms with Gasteiger partial charge in [0, 0.05) is 13.1 Å². The molecule has 7 heteroatoms. The second-order valence-electron chi connectivity index (χ2n) is 6.35. The molecule has 6 nitrogen and oxygen atoms in total. The second-order valence-corrected chi connectivity index (χ2v) is 6.35. The first-order valence-corrected chi connectivity index (χ1v) is 7.55. The molecule has 21 heavy (non-hydrogen) atoms. The zero-order valence-corrected chi connectivity index (χ0v) is 13.7. The summed E-state index contributed by atoms with van der Waals surface area (Å²) in [6.45, 7) is 9.00. The summed E-state index contributed by atoms with van der Waals surface area (Å²) >= 11 is 0. The van der Waals surface area contributed by atoms with Crippen molar-refractivity contribution in [1.29, 1.82) is 0 Å². The highest BCUT2D eigenvalue weighted by Gasteiger charge is 2.33. The largest absolute Gasteiger partial charge is 0.338 e. The number of hydrogen-bond acceptors (Lipinski definition) is 4. The van der Waals surface area contributed by atoms with Gasteiger partial charge < -0.3 is 10.6 Å². The van der Waals surface area contributed by atoms with Crippen LogP contribution in [0.1, 0.15) is 20.3 Å². The molecule has 2 unspecified atom stereocenters. The van der Waals surface area contributed by atoms with E-state index in [-0.39, 0.29) is 24.3 Å². The van der Waals surface area contributed by atoms with Crippen molar-refractivity contribution >= 4 is 24.3 Å². The van der Waals surface area contributed by atoms with Crippen molar-refractivity contribution in [1.82, 2.24) is 20.9 Å². The topological polar surface area (TPSA) is 73.5 Å². The average molecular weight is 319 g/mol. The summed E-state index contributed by atoms with van der Waals surface area (Å²) in [7, 11) is 0. The molecule has 0 aliphatic carbocycles. The molecule has 0 aromatic rings. The van der Waals surface area contributed by atoms with Crippen LogP contribution in [-0.2, 0) is 4.79 Å². The number of nitrogens with zero attached hydrogens (tertiary/aromatic N) is 1. The number of carbonyl (C=O) groups is 2. The molecule has 2 aliphatic heterocycles. The summed E-state index contributed by atoms with van der Waals surface area (Å²) < 4.78 is 0. The molecule has 2 aliphatic rings. The number of fused-ring (bicyclic) bond motifs is 1. The number of carbonyl (C=O) groups excluding carboxylic acids is 2. The number of nitrogens with one attached hydrogen (secondary N) is 3. The molecule has 2 heterocycles. The number of hydrogen-bond donors (Lipinski definition) is 3. The minimum absolute atomic E-state index is 0. The van der Waals surface area contributed by atoms with Crippen LogP contribution < -0.4 is 16.0 Å². The minimum Gasteiger partial charge on any atom is -0.338 e. The van der Waals surface area contributed by atoms with Crippen LogP contribution in [0.25, 0.3) is 0 Å². The van der Waals surface area contributed by atoms with Crippen LogP contribution in [0, 0.1) is 17.8 Å². The molecule has 0 aromatic heterocycles. The van der Waals surface area contributed by atoms with Crippen LogP contribution in [0.2, 0.25) is 0 Å². The quantitative estimate of drug-likeness (QED) is 0.703. The summed E-state index contributed by atoms with van der Waals surface area (Å²) in [6, 6.07) is -0.388. The van der Waals surface area contributed by atoms with Gasteiger partial charge in [-0.3, -0.25) is 15.0 Å². The van der Waals surface area contributed by atoms with Gasteiger partial charge in [0.25, 0.3) is 0 Å². The van der Waals surface area contributed by atoms with Gasteiger partial charge >= 0.3 is 6.03 Å². The highest BCUT2D eigenvalue weighted by Crippen LogP contribution is 2.25. The van der Waals surface area contributed by atoms with E-state index in [1.54, 1.807) is 0 Å². The molecule has 0 aromatic carbocycles. The molecule has 2 fully saturated rings. The molecule has 2 saturated heterocycles. The van der Waals surface area contributed by atoms with Crippen molar-refractivity contribution in [2.75, 3.05) is 39.3 Å². The summed E-state index contributed by atoms with van der Waals surface area (Å²) in [6.07, 6.45) is 1.14. The van der Waals surface area contributed by atoms with Crippen molar-refractivity contribution in [2.45, 2.75) is 20.3 Å². The molecule has 3 amide bonds. The van der Waals surface area contributed by atoms with Crippen molar-refractivity contribution in [3.8, 4) is 0 Å². The van der Waals surface area contributed by atoms with Gasteiger partial charge in [-0.1, -0.05) is 13.8 Å². The molecular formula is C14H27ClN4O2. The van der Waals surface area contributed by atoms with E-state index in [0.29, 0.717) is 24.9 Å². The van der Waals surface area contributed by atoms with E-state index in [0.717, 1.165) is 38.5 Å². The predicted molar refractivity (Wildman–Crippen MR) is 84.5 cm³/mol. The zero-order chi connectivity index (χ0) is 14.5. The maximum atomic E-state index is 11.8. The van der Waals surface area contributed by atoms with Crippen LogP contribution in [0.5, 0.6) is 0 Å². The maximum Gasteiger partial charge on any atom is 0.321 e. The smallest absolute Gasteiger partial charge is 0.321 e. The van der Waals surface area contributed by atoms with Gasteiger partial charge in [-0.2, -0.15) is 0 Å². The molecular weight excluding hydrogens is 292 g/mol. The third-order valence-corrected chi connectivity index (χ3v) is 4.08. The Kier molecular flexibility index (Phi) is 7.42. The maximum absolute atomic E-state index is 11.8. The van der Waals surface area contributed by atoms with Gasteiger partial charge in [0.2, 0.25) is 5.91 Å². The lowest BCUT2D eigenvalue weighted by Gasteiger charge is -2.33. The van der Waals surface area contributed by atoms with Crippen LogP contribution in [-0.4, -0.2) is 56.1 Å². The van der Waals surface area contributed by atoms with Gasteiger partial charge in [-0.25, -0.2) is 4.79 Å². The molecule has 0 spiro atoms. The Morgan fingerprint density at radius 2 is 2.00 bits per heavy atom. The van der Waals surface area contributed by atoms with Gasteiger partial charge in [-0.15, -0.1) is 12.4 Å². The molecule has 122 valence electrons. The van der Waals surface area contributed by atoms with Gasteiger partial charge in [0.05, 0.1) is 6.54 Å².